The maximum atomic E-state index is 12.1. The molecule has 0 bridgehead atoms. The van der Waals surface area contributed by atoms with E-state index in [2.05, 4.69) is 21.4 Å². The van der Waals surface area contributed by atoms with E-state index >= 15 is 0 Å². The SMILES string of the molecule is N#Cc1ccc(-c2ccncc2)nc1SCC(=O)Nc1ccc(Cl)cc1. The lowest BCUT2D eigenvalue weighted by atomic mass is 10.1. The molecule has 0 radical (unpaired) electrons. The Morgan fingerprint density at radius 1 is 1.12 bits per heavy atom. The predicted octanol–water partition coefficient (Wildman–Crippen LogP) is 4.40. The normalized spacial score (nSPS) is 10.2. The summed E-state index contributed by atoms with van der Waals surface area (Å²) in [5.74, 6) is -0.0401. The number of aromatic nitrogens is 2. The van der Waals surface area contributed by atoms with Gasteiger partial charge in [0.25, 0.3) is 0 Å². The van der Waals surface area contributed by atoms with E-state index in [1.54, 1.807) is 48.8 Å². The molecule has 0 aliphatic rings. The van der Waals surface area contributed by atoms with E-state index in [9.17, 15) is 10.1 Å². The van der Waals surface area contributed by atoms with E-state index in [0.29, 0.717) is 21.3 Å². The van der Waals surface area contributed by atoms with Gasteiger partial charge < -0.3 is 5.32 Å². The number of anilines is 1. The number of benzene rings is 1. The van der Waals surface area contributed by atoms with E-state index in [1.807, 2.05) is 12.1 Å². The van der Waals surface area contributed by atoms with Crippen LogP contribution in [0.15, 0.2) is 66.0 Å². The number of carbonyl (C=O) groups is 1. The van der Waals surface area contributed by atoms with Gasteiger partial charge in [-0.15, -0.1) is 0 Å². The standard InChI is InChI=1S/C19H13ClN4OS/c20-15-2-4-16(5-3-15)23-18(25)12-26-19-14(11-21)1-6-17(24-19)13-7-9-22-10-8-13/h1-10H,12H2,(H,23,25). The van der Waals surface area contributed by atoms with Gasteiger partial charge in [-0.3, -0.25) is 9.78 Å². The zero-order valence-corrected chi connectivity index (χ0v) is 15.1. The van der Waals surface area contributed by atoms with Crippen molar-refractivity contribution < 1.29 is 4.79 Å². The quantitative estimate of drug-likeness (QED) is 0.663. The first-order valence-electron chi connectivity index (χ1n) is 7.65. The van der Waals surface area contributed by atoms with Crippen LogP contribution in [0.5, 0.6) is 0 Å². The highest BCUT2D eigenvalue weighted by atomic mass is 35.5. The van der Waals surface area contributed by atoms with Crippen molar-refractivity contribution in [3.05, 3.63) is 71.5 Å². The summed E-state index contributed by atoms with van der Waals surface area (Å²) in [7, 11) is 0. The number of thioether (sulfide) groups is 1. The molecular formula is C19H13ClN4OS. The molecule has 0 saturated carbocycles. The number of hydrogen-bond donors (Lipinski definition) is 1. The number of amides is 1. The van der Waals surface area contributed by atoms with Gasteiger partial charge in [0, 0.05) is 28.7 Å². The molecule has 0 aliphatic heterocycles. The second-order valence-electron chi connectivity index (χ2n) is 5.24. The Kier molecular flexibility index (Phi) is 5.84. The second-order valence-corrected chi connectivity index (χ2v) is 6.64. The number of hydrogen-bond acceptors (Lipinski definition) is 5. The molecule has 5 nitrogen and oxygen atoms in total. The molecule has 0 unspecified atom stereocenters. The Bertz CT molecular complexity index is 956. The van der Waals surface area contributed by atoms with Crippen molar-refractivity contribution in [3.63, 3.8) is 0 Å². The summed E-state index contributed by atoms with van der Waals surface area (Å²) in [6.45, 7) is 0. The molecule has 2 heterocycles. The summed E-state index contributed by atoms with van der Waals surface area (Å²) in [5.41, 5.74) is 2.73. The van der Waals surface area contributed by atoms with Crippen molar-refractivity contribution in [2.24, 2.45) is 0 Å². The number of halogens is 1. The highest BCUT2D eigenvalue weighted by Crippen LogP contribution is 2.25. The van der Waals surface area contributed by atoms with Crippen LogP contribution in [0, 0.1) is 11.3 Å². The van der Waals surface area contributed by atoms with Crippen LogP contribution in [0.1, 0.15) is 5.56 Å². The topological polar surface area (TPSA) is 78.7 Å². The van der Waals surface area contributed by atoms with Gasteiger partial charge >= 0.3 is 0 Å². The lowest BCUT2D eigenvalue weighted by Gasteiger charge is -2.08. The third-order valence-electron chi connectivity index (χ3n) is 3.42. The van der Waals surface area contributed by atoms with Gasteiger partial charge in [0.1, 0.15) is 11.1 Å². The molecule has 3 rings (SSSR count). The summed E-state index contributed by atoms with van der Waals surface area (Å²) in [6, 6.07) is 16.2. The van der Waals surface area contributed by atoms with Crippen molar-refractivity contribution in [1.29, 1.82) is 5.26 Å². The number of nitrogens with zero attached hydrogens (tertiary/aromatic N) is 3. The van der Waals surface area contributed by atoms with Gasteiger partial charge in [0.15, 0.2) is 0 Å². The van der Waals surface area contributed by atoms with Crippen molar-refractivity contribution in [2.45, 2.75) is 5.03 Å². The Hall–Kier alpha value is -2.88. The molecule has 0 spiro atoms. The minimum Gasteiger partial charge on any atom is -0.325 e. The molecule has 1 aromatic carbocycles. The summed E-state index contributed by atoms with van der Waals surface area (Å²) in [4.78, 5) is 20.6. The van der Waals surface area contributed by atoms with Gasteiger partial charge in [0.2, 0.25) is 5.91 Å². The van der Waals surface area contributed by atoms with Gasteiger partial charge in [0.05, 0.1) is 17.0 Å². The number of nitriles is 1. The lowest BCUT2D eigenvalue weighted by Crippen LogP contribution is -2.14. The zero-order valence-electron chi connectivity index (χ0n) is 13.5. The number of rotatable bonds is 5. The predicted molar refractivity (Wildman–Crippen MR) is 103 cm³/mol. The molecule has 128 valence electrons. The summed E-state index contributed by atoms with van der Waals surface area (Å²) >= 11 is 7.05. The molecule has 26 heavy (non-hydrogen) atoms. The smallest absolute Gasteiger partial charge is 0.234 e. The third kappa shape index (κ3) is 4.60. The molecular weight excluding hydrogens is 368 g/mol. The van der Waals surface area contributed by atoms with Gasteiger partial charge in [-0.05, 0) is 48.5 Å². The third-order valence-corrected chi connectivity index (χ3v) is 4.67. The fourth-order valence-corrected chi connectivity index (χ4v) is 3.08. The molecule has 1 amide bonds. The van der Waals surface area contributed by atoms with Crippen molar-refractivity contribution >= 4 is 35.0 Å². The van der Waals surface area contributed by atoms with E-state index in [1.165, 1.54) is 11.8 Å². The highest BCUT2D eigenvalue weighted by Gasteiger charge is 2.11. The fourth-order valence-electron chi connectivity index (χ4n) is 2.18. The Morgan fingerprint density at radius 3 is 2.54 bits per heavy atom. The van der Waals surface area contributed by atoms with Gasteiger partial charge in [-0.2, -0.15) is 5.26 Å². The first-order valence-corrected chi connectivity index (χ1v) is 9.02. The van der Waals surface area contributed by atoms with Crippen molar-refractivity contribution in [2.75, 3.05) is 11.1 Å². The van der Waals surface area contributed by atoms with Crippen molar-refractivity contribution in [3.8, 4) is 17.3 Å². The van der Waals surface area contributed by atoms with E-state index in [0.717, 1.165) is 11.3 Å². The first-order chi connectivity index (χ1) is 12.7. The first kappa shape index (κ1) is 17.9. The van der Waals surface area contributed by atoms with Crippen LogP contribution in [0.2, 0.25) is 5.02 Å². The molecule has 2 aromatic heterocycles. The Morgan fingerprint density at radius 2 is 1.85 bits per heavy atom. The summed E-state index contributed by atoms with van der Waals surface area (Å²) < 4.78 is 0. The minimum absolute atomic E-state index is 0.143. The Balaban J connectivity index is 1.71. The van der Waals surface area contributed by atoms with E-state index in [4.69, 9.17) is 11.6 Å². The molecule has 7 heteroatoms. The lowest BCUT2D eigenvalue weighted by molar-refractivity contribution is -0.113. The fraction of sp³-hybridized carbons (Fsp3) is 0.0526. The summed E-state index contributed by atoms with van der Waals surface area (Å²) in [6.07, 6.45) is 3.36. The molecule has 1 N–H and O–H groups in total. The maximum absolute atomic E-state index is 12.1. The minimum atomic E-state index is -0.183. The molecule has 0 aliphatic carbocycles. The number of carbonyl (C=O) groups excluding carboxylic acids is 1. The van der Waals surface area contributed by atoms with E-state index in [-0.39, 0.29) is 11.7 Å². The molecule has 0 atom stereocenters. The van der Waals surface area contributed by atoms with E-state index < -0.39 is 0 Å². The van der Waals surface area contributed by atoms with Crippen LogP contribution < -0.4 is 5.32 Å². The largest absolute Gasteiger partial charge is 0.325 e. The monoisotopic (exact) mass is 380 g/mol. The zero-order chi connectivity index (χ0) is 18.4. The van der Waals surface area contributed by atoms with Crippen LogP contribution in [-0.2, 0) is 4.79 Å². The highest BCUT2D eigenvalue weighted by molar-refractivity contribution is 8.00. The van der Waals surface area contributed by atoms with Crippen LogP contribution in [0.4, 0.5) is 5.69 Å². The van der Waals surface area contributed by atoms with Gasteiger partial charge in [-0.25, -0.2) is 4.98 Å². The van der Waals surface area contributed by atoms with Gasteiger partial charge in [-0.1, -0.05) is 23.4 Å². The molecule has 0 saturated heterocycles. The number of pyridine rings is 2. The molecule has 0 fully saturated rings. The van der Waals surface area contributed by atoms with Crippen LogP contribution >= 0.6 is 23.4 Å². The Labute approximate surface area is 160 Å². The molecule has 3 aromatic rings. The average molecular weight is 381 g/mol. The van der Waals surface area contributed by atoms with Crippen molar-refractivity contribution in [1.82, 2.24) is 9.97 Å². The number of nitrogens with one attached hydrogen (secondary N) is 1. The average Bonchev–Trinajstić information content (AvgIpc) is 2.68. The van der Waals surface area contributed by atoms with Crippen LogP contribution in [-0.4, -0.2) is 21.6 Å². The van der Waals surface area contributed by atoms with Crippen LogP contribution in [0.25, 0.3) is 11.3 Å². The summed E-state index contributed by atoms with van der Waals surface area (Å²) in [5, 5.41) is 13.2. The maximum Gasteiger partial charge on any atom is 0.234 e. The second kappa shape index (κ2) is 8.48. The van der Waals surface area contributed by atoms with Crippen LogP contribution in [0.3, 0.4) is 0 Å².